The van der Waals surface area contributed by atoms with E-state index in [0.717, 1.165) is 23.3 Å². The summed E-state index contributed by atoms with van der Waals surface area (Å²) >= 11 is 3.60. The Morgan fingerprint density at radius 3 is 2.78 bits per heavy atom. The number of hydrogen-bond acceptors (Lipinski definition) is 2. The summed E-state index contributed by atoms with van der Waals surface area (Å²) in [7, 11) is 0. The van der Waals surface area contributed by atoms with E-state index in [1.165, 1.54) is 19.3 Å². The number of anilines is 1. The van der Waals surface area contributed by atoms with Crippen LogP contribution < -0.4 is 9.64 Å². The molecule has 0 aromatic heterocycles. The lowest BCUT2D eigenvalue weighted by molar-refractivity contribution is -0.121. The maximum absolute atomic E-state index is 12.1. The first kappa shape index (κ1) is 12.0. The van der Waals surface area contributed by atoms with Crippen molar-refractivity contribution in [3.05, 3.63) is 24.3 Å². The third-order valence-corrected chi connectivity index (χ3v) is 5.19. The molecule has 4 heteroatoms. The molecule has 0 bridgehead atoms. The van der Waals surface area contributed by atoms with E-state index in [1.54, 1.807) is 0 Å². The van der Waals surface area contributed by atoms with E-state index in [-0.39, 0.29) is 17.9 Å². The van der Waals surface area contributed by atoms with Gasteiger partial charge < -0.3 is 9.64 Å². The first-order chi connectivity index (χ1) is 8.74. The SMILES string of the molecule is O=C1COc2ccccc2N1CC1(CBr)CCC1. The minimum Gasteiger partial charge on any atom is -0.482 e. The van der Waals surface area contributed by atoms with Crippen molar-refractivity contribution in [1.29, 1.82) is 0 Å². The van der Waals surface area contributed by atoms with Gasteiger partial charge in [-0.1, -0.05) is 34.5 Å². The zero-order valence-corrected chi connectivity index (χ0v) is 11.8. The predicted octanol–water partition coefficient (Wildman–Crippen LogP) is 2.98. The number of rotatable bonds is 3. The number of halogens is 1. The highest BCUT2D eigenvalue weighted by molar-refractivity contribution is 9.09. The molecule has 18 heavy (non-hydrogen) atoms. The Morgan fingerprint density at radius 2 is 2.11 bits per heavy atom. The van der Waals surface area contributed by atoms with Crippen LogP contribution in [0.4, 0.5) is 5.69 Å². The fourth-order valence-corrected chi connectivity index (χ4v) is 3.41. The molecule has 1 aromatic carbocycles. The highest BCUT2D eigenvalue weighted by Gasteiger charge is 2.40. The fraction of sp³-hybridized carbons (Fsp3) is 0.500. The number of fused-ring (bicyclic) bond motifs is 1. The molecule has 0 unspecified atom stereocenters. The van der Waals surface area contributed by atoms with Crippen LogP contribution in [0.5, 0.6) is 5.75 Å². The number of para-hydroxylation sites is 2. The summed E-state index contributed by atoms with van der Waals surface area (Å²) in [6, 6.07) is 7.79. The molecule has 0 N–H and O–H groups in total. The molecular formula is C14H16BrNO2. The smallest absolute Gasteiger partial charge is 0.265 e. The number of hydrogen-bond donors (Lipinski definition) is 0. The average molecular weight is 310 g/mol. The van der Waals surface area contributed by atoms with Gasteiger partial charge in [-0.05, 0) is 30.4 Å². The number of ether oxygens (including phenoxy) is 1. The molecule has 0 saturated heterocycles. The molecule has 1 saturated carbocycles. The summed E-state index contributed by atoms with van der Waals surface area (Å²) in [5, 5.41) is 0.965. The van der Waals surface area contributed by atoms with Crippen LogP contribution in [-0.4, -0.2) is 24.4 Å². The standard InChI is InChI=1S/C14H16BrNO2/c15-9-14(6-3-7-14)10-16-11-4-1-2-5-12(11)18-8-13(16)17/h1-2,4-5H,3,6-10H2. The minimum atomic E-state index is 0.0703. The number of nitrogens with zero attached hydrogens (tertiary/aromatic N) is 1. The molecule has 3 rings (SSSR count). The maximum Gasteiger partial charge on any atom is 0.265 e. The Kier molecular flexibility index (Phi) is 3.06. The van der Waals surface area contributed by atoms with Gasteiger partial charge in [-0.2, -0.15) is 0 Å². The largest absolute Gasteiger partial charge is 0.482 e. The molecule has 1 heterocycles. The lowest BCUT2D eigenvalue weighted by atomic mass is 9.70. The first-order valence-electron chi connectivity index (χ1n) is 6.32. The van der Waals surface area contributed by atoms with Crippen LogP contribution in [0.1, 0.15) is 19.3 Å². The van der Waals surface area contributed by atoms with Crippen molar-refractivity contribution in [2.24, 2.45) is 5.41 Å². The summed E-state index contributed by atoms with van der Waals surface area (Å²) in [6.07, 6.45) is 3.67. The quantitative estimate of drug-likeness (QED) is 0.803. The van der Waals surface area contributed by atoms with Crippen molar-refractivity contribution in [3.8, 4) is 5.75 Å². The van der Waals surface area contributed by atoms with Crippen LogP contribution in [-0.2, 0) is 4.79 Å². The molecule has 0 spiro atoms. The van der Waals surface area contributed by atoms with Crippen molar-refractivity contribution >= 4 is 27.5 Å². The van der Waals surface area contributed by atoms with Crippen LogP contribution >= 0.6 is 15.9 Å². The number of carbonyl (C=O) groups is 1. The number of carbonyl (C=O) groups excluding carboxylic acids is 1. The average Bonchev–Trinajstić information content (AvgIpc) is 2.36. The number of amides is 1. The molecule has 1 fully saturated rings. The van der Waals surface area contributed by atoms with Crippen LogP contribution in [0, 0.1) is 5.41 Å². The third-order valence-electron chi connectivity index (χ3n) is 4.00. The van der Waals surface area contributed by atoms with Crippen LogP contribution in [0.15, 0.2) is 24.3 Å². The molecule has 1 amide bonds. The van der Waals surface area contributed by atoms with Crippen molar-refractivity contribution < 1.29 is 9.53 Å². The van der Waals surface area contributed by atoms with E-state index in [2.05, 4.69) is 15.9 Å². The second kappa shape index (κ2) is 4.57. The Morgan fingerprint density at radius 1 is 1.33 bits per heavy atom. The summed E-state index contributed by atoms with van der Waals surface area (Å²) in [4.78, 5) is 14.0. The van der Waals surface area contributed by atoms with Crippen LogP contribution in [0.3, 0.4) is 0 Å². The molecule has 1 aliphatic carbocycles. The van der Waals surface area contributed by atoms with Gasteiger partial charge in [0.05, 0.1) is 5.69 Å². The van der Waals surface area contributed by atoms with E-state index in [4.69, 9.17) is 4.74 Å². The number of alkyl halides is 1. The van der Waals surface area contributed by atoms with Gasteiger partial charge in [0, 0.05) is 11.9 Å². The molecule has 96 valence electrons. The molecule has 0 atom stereocenters. The van der Waals surface area contributed by atoms with Gasteiger partial charge in [0.15, 0.2) is 6.61 Å². The monoisotopic (exact) mass is 309 g/mol. The Balaban J connectivity index is 1.89. The second-order valence-corrected chi connectivity index (χ2v) is 5.78. The Bertz CT molecular complexity index is 465. The van der Waals surface area contributed by atoms with Gasteiger partial charge in [-0.15, -0.1) is 0 Å². The van der Waals surface area contributed by atoms with Gasteiger partial charge in [0.1, 0.15) is 5.75 Å². The third kappa shape index (κ3) is 1.92. The summed E-state index contributed by atoms with van der Waals surface area (Å²) in [5.74, 6) is 0.891. The zero-order valence-electron chi connectivity index (χ0n) is 10.2. The lowest BCUT2D eigenvalue weighted by Gasteiger charge is -2.45. The highest BCUT2D eigenvalue weighted by atomic mass is 79.9. The summed E-state index contributed by atoms with van der Waals surface area (Å²) < 4.78 is 5.46. The molecule has 1 aromatic rings. The van der Waals surface area contributed by atoms with Crippen molar-refractivity contribution in [2.45, 2.75) is 19.3 Å². The van der Waals surface area contributed by atoms with E-state index in [1.807, 2.05) is 29.2 Å². The Hall–Kier alpha value is -1.03. The van der Waals surface area contributed by atoms with Gasteiger partial charge >= 0.3 is 0 Å². The van der Waals surface area contributed by atoms with E-state index in [9.17, 15) is 4.79 Å². The van der Waals surface area contributed by atoms with Crippen LogP contribution in [0.2, 0.25) is 0 Å². The van der Waals surface area contributed by atoms with Gasteiger partial charge in [0.25, 0.3) is 5.91 Å². The topological polar surface area (TPSA) is 29.5 Å². The van der Waals surface area contributed by atoms with Gasteiger partial charge in [-0.3, -0.25) is 4.79 Å². The zero-order chi connectivity index (χ0) is 12.6. The lowest BCUT2D eigenvalue weighted by Crippen LogP contribution is -2.49. The fourth-order valence-electron chi connectivity index (χ4n) is 2.67. The Labute approximate surface area is 115 Å². The highest BCUT2D eigenvalue weighted by Crippen LogP contribution is 2.45. The summed E-state index contributed by atoms with van der Waals surface area (Å²) in [5.41, 5.74) is 1.18. The predicted molar refractivity (Wildman–Crippen MR) is 74.4 cm³/mol. The van der Waals surface area contributed by atoms with Gasteiger partial charge in [0.2, 0.25) is 0 Å². The van der Waals surface area contributed by atoms with Crippen molar-refractivity contribution in [2.75, 3.05) is 23.4 Å². The van der Waals surface area contributed by atoms with E-state index < -0.39 is 0 Å². The second-order valence-electron chi connectivity index (χ2n) is 5.22. The first-order valence-corrected chi connectivity index (χ1v) is 7.44. The van der Waals surface area contributed by atoms with E-state index in [0.29, 0.717) is 0 Å². The normalized spacial score (nSPS) is 20.9. The molecule has 1 aliphatic heterocycles. The maximum atomic E-state index is 12.1. The number of benzene rings is 1. The van der Waals surface area contributed by atoms with E-state index >= 15 is 0 Å². The van der Waals surface area contributed by atoms with Crippen molar-refractivity contribution in [1.82, 2.24) is 0 Å². The van der Waals surface area contributed by atoms with Crippen molar-refractivity contribution in [3.63, 3.8) is 0 Å². The molecule has 3 nitrogen and oxygen atoms in total. The molecule has 0 radical (unpaired) electrons. The van der Waals surface area contributed by atoms with Crippen LogP contribution in [0.25, 0.3) is 0 Å². The minimum absolute atomic E-state index is 0.0703. The van der Waals surface area contributed by atoms with Gasteiger partial charge in [-0.25, -0.2) is 0 Å². The summed E-state index contributed by atoms with van der Waals surface area (Å²) in [6.45, 7) is 0.965. The molecule has 2 aliphatic rings. The molecular weight excluding hydrogens is 294 g/mol.